The summed E-state index contributed by atoms with van der Waals surface area (Å²) in [5, 5.41) is 0. The largest absolute Gasteiger partial charge is 0.465 e. The predicted octanol–water partition coefficient (Wildman–Crippen LogP) is 1.62. The van der Waals surface area contributed by atoms with Crippen LogP contribution >= 0.6 is 0 Å². The Hall–Kier alpha value is -1.26. The third kappa shape index (κ3) is 3.37. The van der Waals surface area contributed by atoms with E-state index in [1.54, 1.807) is 11.8 Å². The van der Waals surface area contributed by atoms with Gasteiger partial charge < -0.3 is 14.5 Å². The van der Waals surface area contributed by atoms with E-state index in [1.807, 2.05) is 4.90 Å². The normalized spacial score (nSPS) is 19.5. The molecule has 0 N–H and O–H groups in total. The summed E-state index contributed by atoms with van der Waals surface area (Å²) in [6.45, 7) is 3.91. The number of carbonyl (C=O) groups excluding carboxylic acids is 2. The predicted molar refractivity (Wildman–Crippen MR) is 67.2 cm³/mol. The average Bonchev–Trinajstić information content (AvgIpc) is 3.21. The SMILES string of the molecule is CCOC(=O)CN(C(=O)N1CCCCC1)C1CC1. The van der Waals surface area contributed by atoms with Crippen molar-refractivity contribution >= 4 is 12.0 Å². The summed E-state index contributed by atoms with van der Waals surface area (Å²) in [6, 6.07) is 0.272. The summed E-state index contributed by atoms with van der Waals surface area (Å²) in [5.41, 5.74) is 0. The highest BCUT2D eigenvalue weighted by molar-refractivity contribution is 5.81. The number of amides is 2. The van der Waals surface area contributed by atoms with Gasteiger partial charge in [0, 0.05) is 19.1 Å². The monoisotopic (exact) mass is 254 g/mol. The number of piperidine rings is 1. The van der Waals surface area contributed by atoms with E-state index in [-0.39, 0.29) is 24.6 Å². The summed E-state index contributed by atoms with van der Waals surface area (Å²) >= 11 is 0. The fourth-order valence-corrected chi connectivity index (χ4v) is 2.35. The zero-order valence-electron chi connectivity index (χ0n) is 11.1. The molecule has 18 heavy (non-hydrogen) atoms. The Morgan fingerprint density at radius 3 is 2.44 bits per heavy atom. The van der Waals surface area contributed by atoms with Gasteiger partial charge in [0.25, 0.3) is 0 Å². The molecule has 2 rings (SSSR count). The summed E-state index contributed by atoms with van der Waals surface area (Å²) in [6.07, 6.45) is 5.37. The molecule has 1 saturated heterocycles. The van der Waals surface area contributed by atoms with E-state index in [0.29, 0.717) is 6.61 Å². The highest BCUT2D eigenvalue weighted by Gasteiger charge is 2.36. The van der Waals surface area contributed by atoms with Crippen molar-refractivity contribution in [1.82, 2.24) is 9.80 Å². The van der Waals surface area contributed by atoms with Gasteiger partial charge in [-0.3, -0.25) is 4.79 Å². The van der Waals surface area contributed by atoms with Crippen LogP contribution in [0.5, 0.6) is 0 Å². The lowest BCUT2D eigenvalue weighted by molar-refractivity contribution is -0.144. The van der Waals surface area contributed by atoms with Gasteiger partial charge >= 0.3 is 12.0 Å². The molecule has 0 atom stereocenters. The number of urea groups is 1. The van der Waals surface area contributed by atoms with Crippen LogP contribution in [0, 0.1) is 0 Å². The molecule has 2 aliphatic rings. The van der Waals surface area contributed by atoms with Gasteiger partial charge in [-0.15, -0.1) is 0 Å². The first-order chi connectivity index (χ1) is 8.72. The number of carbonyl (C=O) groups is 2. The highest BCUT2D eigenvalue weighted by Crippen LogP contribution is 2.28. The number of likely N-dealkylation sites (tertiary alicyclic amines) is 1. The molecule has 1 aliphatic carbocycles. The third-order valence-corrected chi connectivity index (χ3v) is 3.46. The topological polar surface area (TPSA) is 49.9 Å². The minimum absolute atomic E-state index is 0.0188. The van der Waals surface area contributed by atoms with Gasteiger partial charge in [0.05, 0.1) is 6.61 Å². The van der Waals surface area contributed by atoms with Crippen LogP contribution in [-0.4, -0.2) is 54.1 Å². The summed E-state index contributed by atoms with van der Waals surface area (Å²) in [5.74, 6) is -0.297. The van der Waals surface area contributed by atoms with Gasteiger partial charge in [-0.2, -0.15) is 0 Å². The van der Waals surface area contributed by atoms with E-state index in [4.69, 9.17) is 4.74 Å². The van der Waals surface area contributed by atoms with Crippen molar-refractivity contribution in [2.24, 2.45) is 0 Å². The van der Waals surface area contributed by atoms with Crippen LogP contribution in [0.25, 0.3) is 0 Å². The lowest BCUT2D eigenvalue weighted by atomic mass is 10.1. The van der Waals surface area contributed by atoms with Crippen molar-refractivity contribution in [1.29, 1.82) is 0 Å². The van der Waals surface area contributed by atoms with Crippen LogP contribution in [0.2, 0.25) is 0 Å². The van der Waals surface area contributed by atoms with Crippen molar-refractivity contribution in [2.45, 2.75) is 45.1 Å². The number of hydrogen-bond acceptors (Lipinski definition) is 3. The molecule has 5 heteroatoms. The number of ether oxygens (including phenoxy) is 1. The van der Waals surface area contributed by atoms with Gasteiger partial charge in [0.2, 0.25) is 0 Å². The molecule has 0 spiro atoms. The summed E-state index contributed by atoms with van der Waals surface area (Å²) < 4.78 is 4.94. The van der Waals surface area contributed by atoms with Crippen LogP contribution in [0.1, 0.15) is 39.0 Å². The van der Waals surface area contributed by atoms with Gasteiger partial charge in [-0.1, -0.05) is 0 Å². The highest BCUT2D eigenvalue weighted by atomic mass is 16.5. The Balaban J connectivity index is 1.91. The number of esters is 1. The minimum atomic E-state index is -0.297. The lowest BCUT2D eigenvalue weighted by Crippen LogP contribution is -2.48. The van der Waals surface area contributed by atoms with Crippen LogP contribution in [0.3, 0.4) is 0 Å². The number of nitrogens with zero attached hydrogens (tertiary/aromatic N) is 2. The van der Waals surface area contributed by atoms with E-state index in [9.17, 15) is 9.59 Å². The molecule has 1 saturated carbocycles. The molecule has 0 aromatic carbocycles. The molecular weight excluding hydrogens is 232 g/mol. The van der Waals surface area contributed by atoms with Gasteiger partial charge in [-0.05, 0) is 39.0 Å². The number of hydrogen-bond donors (Lipinski definition) is 0. The molecule has 0 radical (unpaired) electrons. The number of rotatable bonds is 4. The smallest absolute Gasteiger partial charge is 0.325 e. The maximum atomic E-state index is 12.4. The van der Waals surface area contributed by atoms with Gasteiger partial charge in [0.15, 0.2) is 0 Å². The lowest BCUT2D eigenvalue weighted by Gasteiger charge is -2.32. The Morgan fingerprint density at radius 1 is 1.22 bits per heavy atom. The van der Waals surface area contributed by atoms with Crippen molar-refractivity contribution < 1.29 is 14.3 Å². The van der Waals surface area contributed by atoms with E-state index in [1.165, 1.54) is 6.42 Å². The fraction of sp³-hybridized carbons (Fsp3) is 0.846. The van der Waals surface area contributed by atoms with Crippen LogP contribution < -0.4 is 0 Å². The molecule has 5 nitrogen and oxygen atoms in total. The van der Waals surface area contributed by atoms with Crippen molar-refractivity contribution in [3.8, 4) is 0 Å². The molecule has 1 aliphatic heterocycles. The average molecular weight is 254 g/mol. The molecule has 102 valence electrons. The van der Waals surface area contributed by atoms with Crippen LogP contribution in [0.4, 0.5) is 4.79 Å². The van der Waals surface area contributed by atoms with E-state index >= 15 is 0 Å². The molecule has 1 heterocycles. The van der Waals surface area contributed by atoms with Gasteiger partial charge in [-0.25, -0.2) is 4.79 Å². The minimum Gasteiger partial charge on any atom is -0.465 e. The third-order valence-electron chi connectivity index (χ3n) is 3.46. The Morgan fingerprint density at radius 2 is 1.89 bits per heavy atom. The van der Waals surface area contributed by atoms with E-state index in [2.05, 4.69) is 0 Å². The first-order valence-corrected chi connectivity index (χ1v) is 6.93. The standard InChI is InChI=1S/C13H22N2O3/c1-2-18-12(16)10-15(11-6-7-11)13(17)14-8-4-3-5-9-14/h11H,2-10H2,1H3. The fourth-order valence-electron chi connectivity index (χ4n) is 2.35. The second kappa shape index (κ2) is 6.07. The zero-order chi connectivity index (χ0) is 13.0. The molecule has 2 fully saturated rings. The first kappa shape index (κ1) is 13.2. The zero-order valence-corrected chi connectivity index (χ0v) is 11.1. The van der Waals surface area contributed by atoms with Crippen molar-refractivity contribution in [2.75, 3.05) is 26.2 Å². The second-order valence-corrected chi connectivity index (χ2v) is 4.99. The quantitative estimate of drug-likeness (QED) is 0.716. The van der Waals surface area contributed by atoms with Gasteiger partial charge in [0.1, 0.15) is 6.54 Å². The second-order valence-electron chi connectivity index (χ2n) is 4.99. The van der Waals surface area contributed by atoms with Crippen LogP contribution in [-0.2, 0) is 9.53 Å². The first-order valence-electron chi connectivity index (χ1n) is 6.93. The van der Waals surface area contributed by atoms with Crippen molar-refractivity contribution in [3.05, 3.63) is 0 Å². The molecule has 0 unspecified atom stereocenters. The molecule has 0 aromatic heterocycles. The van der Waals surface area contributed by atoms with E-state index < -0.39 is 0 Å². The molecule has 2 amide bonds. The summed E-state index contributed by atoms with van der Waals surface area (Å²) in [7, 11) is 0. The Bertz CT molecular complexity index is 309. The maximum Gasteiger partial charge on any atom is 0.325 e. The van der Waals surface area contributed by atoms with Crippen molar-refractivity contribution in [3.63, 3.8) is 0 Å². The molecule has 0 aromatic rings. The summed E-state index contributed by atoms with van der Waals surface area (Å²) in [4.78, 5) is 27.5. The Labute approximate surface area is 108 Å². The molecule has 0 bridgehead atoms. The van der Waals surface area contributed by atoms with E-state index in [0.717, 1.165) is 38.8 Å². The Kier molecular flexibility index (Phi) is 4.44. The maximum absolute atomic E-state index is 12.4. The molecular formula is C13H22N2O3. The van der Waals surface area contributed by atoms with Crippen LogP contribution in [0.15, 0.2) is 0 Å².